The number of esters is 1. The minimum absolute atomic E-state index is 0.140. The van der Waals surface area contributed by atoms with Crippen LogP contribution >= 0.6 is 11.3 Å². The summed E-state index contributed by atoms with van der Waals surface area (Å²) >= 11 is 1.62. The van der Waals surface area contributed by atoms with Crippen LogP contribution in [-0.4, -0.2) is 12.6 Å². The molecule has 1 aromatic rings. The second-order valence-electron chi connectivity index (χ2n) is 2.56. The highest BCUT2D eigenvalue weighted by Crippen LogP contribution is 2.14. The van der Waals surface area contributed by atoms with E-state index in [1.807, 2.05) is 24.6 Å². The Hall–Kier alpha value is -0.830. The van der Waals surface area contributed by atoms with Gasteiger partial charge in [0.25, 0.3) is 0 Å². The molecule has 0 radical (unpaired) electrons. The Bertz CT molecular complexity index is 265. The molecular formula is C9H12O2S. The molecule has 12 heavy (non-hydrogen) atoms. The molecule has 0 aliphatic heterocycles. The molecule has 0 fully saturated rings. The summed E-state index contributed by atoms with van der Waals surface area (Å²) in [7, 11) is 0. The van der Waals surface area contributed by atoms with E-state index in [0.29, 0.717) is 13.0 Å². The Morgan fingerprint density at radius 1 is 1.58 bits per heavy atom. The molecular weight excluding hydrogens is 172 g/mol. The van der Waals surface area contributed by atoms with Crippen LogP contribution in [0.4, 0.5) is 0 Å². The number of hydrogen-bond acceptors (Lipinski definition) is 3. The lowest BCUT2D eigenvalue weighted by Crippen LogP contribution is -2.07. The Labute approximate surface area is 76.2 Å². The Morgan fingerprint density at radius 2 is 2.33 bits per heavy atom. The SMILES string of the molecule is CCOC(=O)Cc1cscc1C. The van der Waals surface area contributed by atoms with Gasteiger partial charge in [0, 0.05) is 0 Å². The fourth-order valence-corrected chi connectivity index (χ4v) is 1.79. The first-order valence-corrected chi connectivity index (χ1v) is 4.85. The first-order chi connectivity index (χ1) is 5.74. The van der Waals surface area contributed by atoms with Gasteiger partial charge in [-0.25, -0.2) is 0 Å². The van der Waals surface area contributed by atoms with Crippen LogP contribution in [0.3, 0.4) is 0 Å². The molecule has 0 saturated carbocycles. The maximum atomic E-state index is 11.0. The van der Waals surface area contributed by atoms with Gasteiger partial charge in [0.1, 0.15) is 0 Å². The van der Waals surface area contributed by atoms with E-state index in [2.05, 4.69) is 0 Å². The van der Waals surface area contributed by atoms with Gasteiger partial charge in [0.2, 0.25) is 0 Å². The predicted molar refractivity (Wildman–Crippen MR) is 49.4 cm³/mol. The summed E-state index contributed by atoms with van der Waals surface area (Å²) in [6, 6.07) is 0. The summed E-state index contributed by atoms with van der Waals surface area (Å²) in [5.41, 5.74) is 2.26. The minimum Gasteiger partial charge on any atom is -0.466 e. The van der Waals surface area contributed by atoms with Crippen molar-refractivity contribution in [3.63, 3.8) is 0 Å². The van der Waals surface area contributed by atoms with Gasteiger partial charge in [-0.1, -0.05) is 0 Å². The van der Waals surface area contributed by atoms with Crippen molar-refractivity contribution in [3.05, 3.63) is 21.9 Å². The molecule has 66 valence electrons. The summed E-state index contributed by atoms with van der Waals surface area (Å²) in [5, 5.41) is 4.03. The zero-order valence-electron chi connectivity index (χ0n) is 7.29. The van der Waals surface area contributed by atoms with E-state index >= 15 is 0 Å². The first kappa shape index (κ1) is 9.26. The van der Waals surface area contributed by atoms with Crippen molar-refractivity contribution in [1.82, 2.24) is 0 Å². The van der Waals surface area contributed by atoms with Crippen LogP contribution in [-0.2, 0) is 16.0 Å². The number of hydrogen-bond donors (Lipinski definition) is 0. The third-order valence-electron chi connectivity index (χ3n) is 1.60. The zero-order chi connectivity index (χ0) is 8.97. The molecule has 2 nitrogen and oxygen atoms in total. The molecule has 0 amide bonds. The van der Waals surface area contributed by atoms with Gasteiger partial charge in [-0.15, -0.1) is 0 Å². The molecule has 3 heteroatoms. The van der Waals surface area contributed by atoms with Crippen LogP contribution in [0, 0.1) is 6.92 Å². The molecule has 0 unspecified atom stereocenters. The van der Waals surface area contributed by atoms with Gasteiger partial charge in [-0.2, -0.15) is 11.3 Å². The molecule has 0 atom stereocenters. The highest BCUT2D eigenvalue weighted by Gasteiger charge is 2.06. The highest BCUT2D eigenvalue weighted by atomic mass is 32.1. The van der Waals surface area contributed by atoms with Crippen molar-refractivity contribution >= 4 is 17.3 Å². The van der Waals surface area contributed by atoms with Gasteiger partial charge in [0.05, 0.1) is 13.0 Å². The van der Waals surface area contributed by atoms with Crippen molar-refractivity contribution in [2.45, 2.75) is 20.3 Å². The highest BCUT2D eigenvalue weighted by molar-refractivity contribution is 7.08. The quantitative estimate of drug-likeness (QED) is 0.673. The normalized spacial score (nSPS) is 9.83. The lowest BCUT2D eigenvalue weighted by atomic mass is 10.2. The summed E-state index contributed by atoms with van der Waals surface area (Å²) in [4.78, 5) is 11.0. The number of rotatable bonds is 3. The summed E-state index contributed by atoms with van der Waals surface area (Å²) < 4.78 is 4.84. The maximum Gasteiger partial charge on any atom is 0.310 e. The van der Waals surface area contributed by atoms with Gasteiger partial charge in [0.15, 0.2) is 0 Å². The van der Waals surface area contributed by atoms with Gasteiger partial charge in [-0.05, 0) is 35.7 Å². The minimum atomic E-state index is -0.140. The van der Waals surface area contributed by atoms with Crippen LogP contribution in [0.2, 0.25) is 0 Å². The lowest BCUT2D eigenvalue weighted by molar-refractivity contribution is -0.142. The average Bonchev–Trinajstić information content (AvgIpc) is 2.37. The van der Waals surface area contributed by atoms with Crippen molar-refractivity contribution < 1.29 is 9.53 Å². The topological polar surface area (TPSA) is 26.3 Å². The number of ether oxygens (including phenoxy) is 1. The Balaban J connectivity index is 2.52. The first-order valence-electron chi connectivity index (χ1n) is 3.91. The van der Waals surface area contributed by atoms with Crippen molar-refractivity contribution in [2.24, 2.45) is 0 Å². The van der Waals surface area contributed by atoms with Crippen molar-refractivity contribution in [1.29, 1.82) is 0 Å². The third-order valence-corrected chi connectivity index (χ3v) is 2.51. The number of thiophene rings is 1. The second-order valence-corrected chi connectivity index (χ2v) is 3.31. The third kappa shape index (κ3) is 2.34. The molecule has 0 saturated heterocycles. The summed E-state index contributed by atoms with van der Waals surface area (Å²) in [6.45, 7) is 4.28. The average molecular weight is 184 g/mol. The van der Waals surface area contributed by atoms with Crippen LogP contribution in [0.15, 0.2) is 10.8 Å². The van der Waals surface area contributed by atoms with E-state index in [0.717, 1.165) is 5.56 Å². The zero-order valence-corrected chi connectivity index (χ0v) is 8.11. The van der Waals surface area contributed by atoms with E-state index in [4.69, 9.17) is 4.74 Å². The number of carbonyl (C=O) groups is 1. The molecule has 0 aromatic carbocycles. The number of carbonyl (C=O) groups excluding carboxylic acids is 1. The maximum absolute atomic E-state index is 11.0. The number of aryl methyl sites for hydroxylation is 1. The van der Waals surface area contributed by atoms with E-state index in [1.165, 1.54) is 5.56 Å². The Morgan fingerprint density at radius 3 is 2.83 bits per heavy atom. The van der Waals surface area contributed by atoms with Gasteiger partial charge >= 0.3 is 5.97 Å². The molecule has 0 bridgehead atoms. The lowest BCUT2D eigenvalue weighted by Gasteiger charge is -2.00. The molecule has 1 rings (SSSR count). The monoisotopic (exact) mass is 184 g/mol. The Kier molecular flexibility index (Phi) is 3.29. The fourth-order valence-electron chi connectivity index (χ4n) is 0.935. The van der Waals surface area contributed by atoms with Crippen LogP contribution in [0.25, 0.3) is 0 Å². The van der Waals surface area contributed by atoms with E-state index in [1.54, 1.807) is 11.3 Å². The largest absolute Gasteiger partial charge is 0.466 e. The predicted octanol–water partition coefficient (Wildman–Crippen LogP) is 2.16. The van der Waals surface area contributed by atoms with Crippen molar-refractivity contribution in [2.75, 3.05) is 6.61 Å². The van der Waals surface area contributed by atoms with E-state index < -0.39 is 0 Å². The molecule has 0 spiro atoms. The van der Waals surface area contributed by atoms with E-state index in [9.17, 15) is 4.79 Å². The molecule has 1 heterocycles. The van der Waals surface area contributed by atoms with Crippen molar-refractivity contribution in [3.8, 4) is 0 Å². The van der Waals surface area contributed by atoms with Crippen LogP contribution in [0.1, 0.15) is 18.1 Å². The van der Waals surface area contributed by atoms with Gasteiger partial charge < -0.3 is 4.74 Å². The molecule has 0 aliphatic carbocycles. The van der Waals surface area contributed by atoms with Crippen LogP contribution in [0.5, 0.6) is 0 Å². The second kappa shape index (κ2) is 4.26. The van der Waals surface area contributed by atoms with Gasteiger partial charge in [-0.3, -0.25) is 4.79 Å². The summed E-state index contributed by atoms with van der Waals surface area (Å²) in [5.74, 6) is -0.140. The van der Waals surface area contributed by atoms with Crippen LogP contribution < -0.4 is 0 Å². The smallest absolute Gasteiger partial charge is 0.310 e. The summed E-state index contributed by atoms with van der Waals surface area (Å²) in [6.07, 6.45) is 0.406. The van der Waals surface area contributed by atoms with E-state index in [-0.39, 0.29) is 5.97 Å². The standard InChI is InChI=1S/C9H12O2S/c1-3-11-9(10)4-8-6-12-5-7(8)2/h5-6H,3-4H2,1-2H3. The molecule has 0 N–H and O–H groups in total. The molecule has 0 aliphatic rings. The fraction of sp³-hybridized carbons (Fsp3) is 0.444. The molecule has 1 aromatic heterocycles.